The van der Waals surface area contributed by atoms with Crippen molar-refractivity contribution in [1.82, 2.24) is 5.32 Å². The largest absolute Gasteiger partial charge is 0.378 e. The van der Waals surface area contributed by atoms with Gasteiger partial charge in [-0.05, 0) is 17.8 Å². The van der Waals surface area contributed by atoms with Gasteiger partial charge in [0, 0.05) is 19.5 Å². The third kappa shape index (κ3) is 11.6. The van der Waals surface area contributed by atoms with E-state index in [4.69, 9.17) is 10.5 Å². The zero-order chi connectivity index (χ0) is 13.3. The van der Waals surface area contributed by atoms with Gasteiger partial charge in [0.15, 0.2) is 0 Å². The highest BCUT2D eigenvalue weighted by Crippen LogP contribution is 2.25. The Morgan fingerprint density at radius 2 is 2.00 bits per heavy atom. The predicted octanol–water partition coefficient (Wildman–Crippen LogP) is 1.54. The third-order valence-corrected chi connectivity index (χ3v) is 2.33. The number of carbonyl (C=O) groups excluding carboxylic acids is 1. The summed E-state index contributed by atoms with van der Waals surface area (Å²) in [6, 6.07) is 0. The first-order chi connectivity index (χ1) is 7.85. The highest BCUT2D eigenvalue weighted by atomic mass is 16.5. The molecule has 0 spiro atoms. The van der Waals surface area contributed by atoms with Crippen molar-refractivity contribution in [2.45, 2.75) is 40.5 Å². The van der Waals surface area contributed by atoms with Crippen LogP contribution in [-0.2, 0) is 9.53 Å². The smallest absolute Gasteiger partial charge is 0.220 e. The Morgan fingerprint density at radius 1 is 1.35 bits per heavy atom. The molecule has 0 saturated carbocycles. The molecular weight excluding hydrogens is 216 g/mol. The molecule has 4 nitrogen and oxygen atoms in total. The number of nitrogens with two attached hydrogens (primary N) is 1. The van der Waals surface area contributed by atoms with Crippen molar-refractivity contribution in [1.29, 1.82) is 0 Å². The van der Waals surface area contributed by atoms with E-state index in [-0.39, 0.29) is 11.3 Å². The molecule has 1 atom stereocenters. The molecule has 0 aliphatic rings. The fourth-order valence-electron chi connectivity index (χ4n) is 1.95. The molecule has 102 valence electrons. The van der Waals surface area contributed by atoms with E-state index in [1.807, 2.05) is 0 Å². The molecule has 0 aliphatic carbocycles. The van der Waals surface area contributed by atoms with Crippen LogP contribution in [0.2, 0.25) is 0 Å². The maximum Gasteiger partial charge on any atom is 0.220 e. The minimum absolute atomic E-state index is 0.109. The number of hydrogen-bond donors (Lipinski definition) is 2. The van der Waals surface area contributed by atoms with Crippen molar-refractivity contribution in [3.63, 3.8) is 0 Å². The Bertz CT molecular complexity index is 212. The third-order valence-electron chi connectivity index (χ3n) is 2.33. The number of carbonyl (C=O) groups is 1. The first kappa shape index (κ1) is 16.4. The van der Waals surface area contributed by atoms with Gasteiger partial charge in [-0.3, -0.25) is 4.79 Å². The lowest BCUT2D eigenvalue weighted by Gasteiger charge is -2.22. The zero-order valence-electron chi connectivity index (χ0n) is 11.7. The lowest BCUT2D eigenvalue weighted by molar-refractivity contribution is -0.122. The molecule has 0 aromatic carbocycles. The lowest BCUT2D eigenvalue weighted by Crippen LogP contribution is -2.29. The van der Waals surface area contributed by atoms with Crippen molar-refractivity contribution in [3.8, 4) is 0 Å². The molecule has 1 amide bonds. The maximum atomic E-state index is 11.6. The van der Waals surface area contributed by atoms with E-state index in [2.05, 4.69) is 33.0 Å². The Morgan fingerprint density at radius 3 is 2.53 bits per heavy atom. The molecule has 1 unspecified atom stereocenters. The quantitative estimate of drug-likeness (QED) is 0.637. The van der Waals surface area contributed by atoms with Crippen LogP contribution in [0.15, 0.2) is 0 Å². The second-order valence-electron chi connectivity index (χ2n) is 5.83. The second-order valence-corrected chi connectivity index (χ2v) is 5.83. The minimum Gasteiger partial charge on any atom is -0.378 e. The summed E-state index contributed by atoms with van der Waals surface area (Å²) in [5, 5.41) is 2.85. The Balaban J connectivity index is 3.58. The molecule has 17 heavy (non-hydrogen) atoms. The van der Waals surface area contributed by atoms with Gasteiger partial charge in [0.2, 0.25) is 5.91 Å². The summed E-state index contributed by atoms with van der Waals surface area (Å²) in [6.45, 7) is 10.9. The van der Waals surface area contributed by atoms with Crippen LogP contribution in [0, 0.1) is 11.3 Å². The van der Waals surface area contributed by atoms with E-state index >= 15 is 0 Å². The van der Waals surface area contributed by atoms with Crippen LogP contribution in [0.4, 0.5) is 0 Å². The number of nitrogens with one attached hydrogen (secondary N) is 1. The van der Waals surface area contributed by atoms with Gasteiger partial charge in [0.1, 0.15) is 0 Å². The summed E-state index contributed by atoms with van der Waals surface area (Å²) in [6.07, 6.45) is 1.65. The van der Waals surface area contributed by atoms with E-state index in [0.29, 0.717) is 38.6 Å². The molecule has 0 rings (SSSR count). The topological polar surface area (TPSA) is 64.3 Å². The molecule has 0 fully saturated rings. The monoisotopic (exact) mass is 244 g/mol. The van der Waals surface area contributed by atoms with Crippen LogP contribution < -0.4 is 11.1 Å². The van der Waals surface area contributed by atoms with Crippen molar-refractivity contribution in [3.05, 3.63) is 0 Å². The normalized spacial score (nSPS) is 13.5. The van der Waals surface area contributed by atoms with Crippen LogP contribution in [0.25, 0.3) is 0 Å². The summed E-state index contributed by atoms with van der Waals surface area (Å²) in [5.41, 5.74) is 5.56. The van der Waals surface area contributed by atoms with E-state index in [1.54, 1.807) is 0 Å². The van der Waals surface area contributed by atoms with E-state index in [1.165, 1.54) is 0 Å². The highest BCUT2D eigenvalue weighted by Gasteiger charge is 2.17. The van der Waals surface area contributed by atoms with Gasteiger partial charge in [0.25, 0.3) is 0 Å². The van der Waals surface area contributed by atoms with Crippen LogP contribution in [0.5, 0.6) is 0 Å². The van der Waals surface area contributed by atoms with Gasteiger partial charge in [-0.15, -0.1) is 0 Å². The summed E-state index contributed by atoms with van der Waals surface area (Å²) >= 11 is 0. The van der Waals surface area contributed by atoms with Crippen molar-refractivity contribution < 1.29 is 9.53 Å². The lowest BCUT2D eigenvalue weighted by atomic mass is 9.84. The molecule has 0 bridgehead atoms. The maximum absolute atomic E-state index is 11.6. The summed E-state index contributed by atoms with van der Waals surface area (Å²) in [4.78, 5) is 11.6. The molecule has 0 heterocycles. The van der Waals surface area contributed by atoms with Crippen LogP contribution in [0.3, 0.4) is 0 Å². The molecular formula is C13H28N2O2. The first-order valence-corrected chi connectivity index (χ1v) is 6.39. The van der Waals surface area contributed by atoms with Crippen LogP contribution in [-0.4, -0.2) is 32.2 Å². The molecule has 0 aromatic rings. The second kappa shape index (κ2) is 8.48. The summed E-state index contributed by atoms with van der Waals surface area (Å²) in [7, 11) is 0. The van der Waals surface area contributed by atoms with Gasteiger partial charge in [-0.1, -0.05) is 27.7 Å². The fraction of sp³-hybridized carbons (Fsp3) is 0.923. The number of hydrogen-bond acceptors (Lipinski definition) is 3. The van der Waals surface area contributed by atoms with Crippen LogP contribution in [0.1, 0.15) is 40.5 Å². The number of rotatable bonds is 8. The van der Waals surface area contributed by atoms with Crippen LogP contribution >= 0.6 is 0 Å². The van der Waals surface area contributed by atoms with Crippen molar-refractivity contribution in [2.75, 3.05) is 26.3 Å². The molecule has 0 radical (unpaired) electrons. The fourth-order valence-corrected chi connectivity index (χ4v) is 1.95. The minimum atomic E-state index is 0.109. The Kier molecular flexibility index (Phi) is 8.17. The summed E-state index contributed by atoms with van der Waals surface area (Å²) < 4.78 is 5.18. The molecule has 0 saturated heterocycles. The SMILES string of the molecule is CC(CC(=O)NCCOCCN)CC(C)(C)C. The van der Waals surface area contributed by atoms with E-state index in [9.17, 15) is 4.79 Å². The van der Waals surface area contributed by atoms with Gasteiger partial charge in [-0.2, -0.15) is 0 Å². The summed E-state index contributed by atoms with van der Waals surface area (Å²) in [5.74, 6) is 0.526. The average molecular weight is 244 g/mol. The zero-order valence-corrected chi connectivity index (χ0v) is 11.7. The average Bonchev–Trinajstić information content (AvgIpc) is 2.14. The highest BCUT2D eigenvalue weighted by molar-refractivity contribution is 5.76. The predicted molar refractivity (Wildman–Crippen MR) is 70.7 cm³/mol. The first-order valence-electron chi connectivity index (χ1n) is 6.39. The van der Waals surface area contributed by atoms with Crippen molar-refractivity contribution in [2.24, 2.45) is 17.1 Å². The van der Waals surface area contributed by atoms with Gasteiger partial charge in [0.05, 0.1) is 13.2 Å². The molecule has 0 aromatic heterocycles. The van der Waals surface area contributed by atoms with Gasteiger partial charge < -0.3 is 15.8 Å². The van der Waals surface area contributed by atoms with E-state index in [0.717, 1.165) is 6.42 Å². The Hall–Kier alpha value is -0.610. The Labute approximate surface area is 105 Å². The number of amides is 1. The number of ether oxygens (including phenoxy) is 1. The molecule has 4 heteroatoms. The van der Waals surface area contributed by atoms with Crippen molar-refractivity contribution >= 4 is 5.91 Å². The van der Waals surface area contributed by atoms with Gasteiger partial charge >= 0.3 is 0 Å². The molecule has 0 aliphatic heterocycles. The standard InChI is InChI=1S/C13H28N2O2/c1-11(10-13(2,3)4)9-12(16)15-6-8-17-7-5-14/h11H,5-10,14H2,1-4H3,(H,15,16). The van der Waals surface area contributed by atoms with E-state index < -0.39 is 0 Å². The van der Waals surface area contributed by atoms with Gasteiger partial charge in [-0.25, -0.2) is 0 Å². The molecule has 3 N–H and O–H groups in total.